The molecule has 0 spiro atoms. The molecular weight excluding hydrogens is 295 g/mol. The number of hydrogen-bond donors (Lipinski definition) is 1. The number of hydrogen-bond acceptors (Lipinski definition) is 3. The lowest BCUT2D eigenvalue weighted by atomic mass is 10.0. The third-order valence-electron chi connectivity index (χ3n) is 3.65. The largest absolute Gasteiger partial charge is 0.478 e. The van der Waals surface area contributed by atoms with Crippen LogP contribution in [-0.4, -0.2) is 30.2 Å². The molecule has 3 aromatic rings. The van der Waals surface area contributed by atoms with Crippen LogP contribution >= 0.6 is 0 Å². The predicted molar refractivity (Wildman–Crippen MR) is 88.4 cm³/mol. The van der Waals surface area contributed by atoms with Crippen molar-refractivity contribution in [3.8, 4) is 11.3 Å². The van der Waals surface area contributed by atoms with Gasteiger partial charge in [0, 0.05) is 25.0 Å². The Morgan fingerprint density at radius 1 is 1.09 bits per heavy atom. The molecule has 1 N–H and O–H groups in total. The number of aromatic nitrogens is 1. The predicted octanol–water partition coefficient (Wildman–Crippen LogP) is 3.81. The number of benzene rings is 2. The van der Waals surface area contributed by atoms with Gasteiger partial charge in [-0.2, -0.15) is 0 Å². The highest BCUT2D eigenvalue weighted by atomic mass is 19.1. The normalized spacial score (nSPS) is 10.7. The van der Waals surface area contributed by atoms with Crippen molar-refractivity contribution in [2.24, 2.45) is 0 Å². The fourth-order valence-electron chi connectivity index (χ4n) is 2.66. The van der Waals surface area contributed by atoms with E-state index in [1.165, 1.54) is 12.1 Å². The number of fused-ring (bicyclic) bond motifs is 1. The second-order valence-electron chi connectivity index (χ2n) is 5.41. The van der Waals surface area contributed by atoms with E-state index in [2.05, 4.69) is 4.98 Å². The molecule has 0 fully saturated rings. The van der Waals surface area contributed by atoms with Crippen LogP contribution in [-0.2, 0) is 0 Å². The first-order valence-electron chi connectivity index (χ1n) is 7.08. The average molecular weight is 310 g/mol. The van der Waals surface area contributed by atoms with Crippen molar-refractivity contribution < 1.29 is 14.3 Å². The summed E-state index contributed by atoms with van der Waals surface area (Å²) in [6.45, 7) is 0. The maximum absolute atomic E-state index is 13.2. The van der Waals surface area contributed by atoms with Crippen molar-refractivity contribution in [1.29, 1.82) is 0 Å². The summed E-state index contributed by atoms with van der Waals surface area (Å²) in [4.78, 5) is 18.2. The summed E-state index contributed by atoms with van der Waals surface area (Å²) in [5.41, 5.74) is 2.48. The molecule has 1 aromatic heterocycles. The van der Waals surface area contributed by atoms with Gasteiger partial charge in [-0.1, -0.05) is 18.2 Å². The minimum atomic E-state index is -1.02. The third-order valence-corrected chi connectivity index (χ3v) is 3.65. The number of carbonyl (C=O) groups is 1. The molecule has 5 heteroatoms. The zero-order valence-corrected chi connectivity index (χ0v) is 12.7. The zero-order chi connectivity index (χ0) is 16.6. The lowest BCUT2D eigenvalue weighted by Gasteiger charge is -2.21. The van der Waals surface area contributed by atoms with Crippen LogP contribution in [0.5, 0.6) is 0 Å². The molecule has 1 heterocycles. The van der Waals surface area contributed by atoms with Crippen LogP contribution < -0.4 is 4.90 Å². The first kappa shape index (κ1) is 15.0. The Kier molecular flexibility index (Phi) is 3.70. The summed E-state index contributed by atoms with van der Waals surface area (Å²) in [6.07, 6.45) is 0. The SMILES string of the molecule is CN(C)c1c(-c2ccc(F)cc2)nc2ccccc2c1C(=O)O. The van der Waals surface area contributed by atoms with Gasteiger partial charge in [0.2, 0.25) is 0 Å². The van der Waals surface area contributed by atoms with Crippen LogP contribution in [0.25, 0.3) is 22.2 Å². The van der Waals surface area contributed by atoms with Crippen LogP contribution in [0.4, 0.5) is 10.1 Å². The van der Waals surface area contributed by atoms with Crippen LogP contribution in [0.1, 0.15) is 10.4 Å². The van der Waals surface area contributed by atoms with Gasteiger partial charge in [-0.05, 0) is 30.3 Å². The van der Waals surface area contributed by atoms with Gasteiger partial charge in [-0.15, -0.1) is 0 Å². The van der Waals surface area contributed by atoms with E-state index in [1.807, 2.05) is 6.07 Å². The maximum Gasteiger partial charge on any atom is 0.338 e. The fourth-order valence-corrected chi connectivity index (χ4v) is 2.66. The van der Waals surface area contributed by atoms with Crippen molar-refractivity contribution in [3.05, 3.63) is 59.9 Å². The van der Waals surface area contributed by atoms with E-state index in [4.69, 9.17) is 0 Å². The van der Waals surface area contributed by atoms with E-state index in [0.29, 0.717) is 27.8 Å². The number of halogens is 1. The number of carboxylic acid groups (broad SMARTS) is 1. The second-order valence-corrected chi connectivity index (χ2v) is 5.41. The molecule has 0 aliphatic rings. The summed E-state index contributed by atoms with van der Waals surface area (Å²) in [5.74, 6) is -1.37. The van der Waals surface area contributed by atoms with Crippen LogP contribution in [0, 0.1) is 5.82 Å². The third kappa shape index (κ3) is 2.61. The van der Waals surface area contributed by atoms with Crippen molar-refractivity contribution in [1.82, 2.24) is 4.98 Å². The molecule has 0 unspecified atom stereocenters. The fraction of sp³-hybridized carbons (Fsp3) is 0.111. The summed E-state index contributed by atoms with van der Waals surface area (Å²) in [7, 11) is 3.54. The molecule has 0 radical (unpaired) electrons. The maximum atomic E-state index is 13.2. The first-order chi connectivity index (χ1) is 11.0. The topological polar surface area (TPSA) is 53.4 Å². The smallest absolute Gasteiger partial charge is 0.338 e. The van der Waals surface area contributed by atoms with Crippen molar-refractivity contribution >= 4 is 22.6 Å². The van der Waals surface area contributed by atoms with Crippen molar-refractivity contribution in [3.63, 3.8) is 0 Å². The molecule has 0 bridgehead atoms. The Morgan fingerprint density at radius 2 is 1.74 bits per heavy atom. The van der Waals surface area contributed by atoms with E-state index >= 15 is 0 Å². The lowest BCUT2D eigenvalue weighted by Crippen LogP contribution is -2.16. The molecule has 0 aliphatic heterocycles. The van der Waals surface area contributed by atoms with Gasteiger partial charge in [0.1, 0.15) is 5.82 Å². The van der Waals surface area contributed by atoms with Crippen LogP contribution in [0.3, 0.4) is 0 Å². The summed E-state index contributed by atoms with van der Waals surface area (Å²) in [6, 6.07) is 13.0. The number of aromatic carboxylic acids is 1. The lowest BCUT2D eigenvalue weighted by molar-refractivity contribution is 0.0699. The van der Waals surface area contributed by atoms with Crippen molar-refractivity contribution in [2.45, 2.75) is 0 Å². The number of para-hydroxylation sites is 1. The molecule has 116 valence electrons. The second kappa shape index (κ2) is 5.68. The molecule has 0 saturated carbocycles. The number of nitrogens with zero attached hydrogens (tertiary/aromatic N) is 2. The Bertz CT molecular complexity index is 889. The van der Waals surface area contributed by atoms with E-state index in [9.17, 15) is 14.3 Å². The average Bonchev–Trinajstić information content (AvgIpc) is 2.53. The molecule has 23 heavy (non-hydrogen) atoms. The molecule has 0 atom stereocenters. The summed E-state index contributed by atoms with van der Waals surface area (Å²) >= 11 is 0. The number of anilines is 1. The van der Waals surface area contributed by atoms with Gasteiger partial charge < -0.3 is 10.0 Å². The van der Waals surface area contributed by atoms with Crippen LogP contribution in [0.15, 0.2) is 48.5 Å². The molecule has 4 nitrogen and oxygen atoms in total. The summed E-state index contributed by atoms with van der Waals surface area (Å²) < 4.78 is 13.2. The highest BCUT2D eigenvalue weighted by Gasteiger charge is 2.22. The molecule has 0 saturated heterocycles. The molecule has 0 aliphatic carbocycles. The Balaban J connectivity index is 2.43. The van der Waals surface area contributed by atoms with E-state index in [1.54, 1.807) is 49.3 Å². The minimum absolute atomic E-state index is 0.194. The summed E-state index contributed by atoms with van der Waals surface area (Å²) in [5, 5.41) is 10.3. The van der Waals surface area contributed by atoms with Gasteiger partial charge in [0.05, 0.1) is 22.5 Å². The highest BCUT2D eigenvalue weighted by molar-refractivity contribution is 6.10. The number of rotatable bonds is 3. The molecular formula is C18H15FN2O2. The van der Waals surface area contributed by atoms with Gasteiger partial charge >= 0.3 is 5.97 Å². The van der Waals surface area contributed by atoms with Gasteiger partial charge in [-0.3, -0.25) is 0 Å². The molecule has 0 amide bonds. The Hall–Kier alpha value is -2.95. The minimum Gasteiger partial charge on any atom is -0.478 e. The van der Waals surface area contributed by atoms with Crippen LogP contribution in [0.2, 0.25) is 0 Å². The first-order valence-corrected chi connectivity index (χ1v) is 7.08. The number of pyridine rings is 1. The Morgan fingerprint density at radius 3 is 2.35 bits per heavy atom. The van der Waals surface area contributed by atoms with E-state index in [0.717, 1.165) is 0 Å². The van der Waals surface area contributed by atoms with E-state index < -0.39 is 5.97 Å². The highest BCUT2D eigenvalue weighted by Crippen LogP contribution is 2.36. The quantitative estimate of drug-likeness (QED) is 0.799. The standard InChI is InChI=1S/C18H15FN2O2/c1-21(2)17-15(18(22)23)13-5-3-4-6-14(13)20-16(17)11-7-9-12(19)10-8-11/h3-10H,1-2H3,(H,22,23). The molecule has 2 aromatic carbocycles. The van der Waals surface area contributed by atoms with Gasteiger partial charge in [0.15, 0.2) is 0 Å². The zero-order valence-electron chi connectivity index (χ0n) is 12.7. The molecule has 3 rings (SSSR count). The monoisotopic (exact) mass is 310 g/mol. The van der Waals surface area contributed by atoms with Crippen molar-refractivity contribution in [2.75, 3.05) is 19.0 Å². The van der Waals surface area contributed by atoms with E-state index in [-0.39, 0.29) is 11.4 Å². The Labute approximate surface area is 132 Å². The van der Waals surface area contributed by atoms with Gasteiger partial charge in [-0.25, -0.2) is 14.2 Å². The van der Waals surface area contributed by atoms with Gasteiger partial charge in [0.25, 0.3) is 0 Å². The number of carboxylic acids is 1.